The van der Waals surface area contributed by atoms with Crippen molar-refractivity contribution in [3.63, 3.8) is 0 Å². The highest BCUT2D eigenvalue weighted by Crippen LogP contribution is 2.41. The van der Waals surface area contributed by atoms with E-state index in [-0.39, 0.29) is 22.4 Å². The molecule has 1 atom stereocenters. The number of aromatic nitrogens is 3. The van der Waals surface area contributed by atoms with Crippen LogP contribution in [0.4, 0.5) is 0 Å². The fourth-order valence-electron chi connectivity index (χ4n) is 4.91. The van der Waals surface area contributed by atoms with Crippen LogP contribution in [0.15, 0.2) is 58.1 Å². The molecule has 0 radical (unpaired) electrons. The number of hydrogen-bond donors (Lipinski definition) is 1. The molecule has 0 saturated heterocycles. The van der Waals surface area contributed by atoms with Crippen molar-refractivity contribution >= 4 is 10.9 Å². The maximum Gasteiger partial charge on any atom is 0.331 e. The van der Waals surface area contributed by atoms with E-state index in [4.69, 9.17) is 4.74 Å². The van der Waals surface area contributed by atoms with Gasteiger partial charge < -0.3 is 14.4 Å². The Morgan fingerprint density at radius 1 is 0.941 bits per heavy atom. The summed E-state index contributed by atoms with van der Waals surface area (Å²) in [5.41, 5.74) is 4.45. The molecule has 1 aliphatic rings. The molecule has 0 saturated carbocycles. The second-order valence-electron chi connectivity index (χ2n) is 9.98. The van der Waals surface area contributed by atoms with Crippen LogP contribution in [0.3, 0.4) is 0 Å². The highest BCUT2D eigenvalue weighted by molar-refractivity contribution is 5.96. The molecule has 176 valence electrons. The molecular formula is C27H29N3O4. The Kier molecular flexibility index (Phi) is 5.06. The van der Waals surface area contributed by atoms with Gasteiger partial charge in [-0.2, -0.15) is 0 Å². The molecule has 1 N–H and O–H groups in total. The molecule has 0 bridgehead atoms. The topological polar surface area (TPSA) is 78.4 Å². The van der Waals surface area contributed by atoms with Crippen LogP contribution in [-0.2, 0) is 30.8 Å². The largest absolute Gasteiger partial charge is 0.508 e. The molecular weight excluding hydrogens is 430 g/mol. The minimum absolute atomic E-state index is 0.0109. The predicted molar refractivity (Wildman–Crippen MR) is 132 cm³/mol. The van der Waals surface area contributed by atoms with E-state index in [1.54, 1.807) is 19.2 Å². The predicted octanol–water partition coefficient (Wildman–Crippen LogP) is 3.83. The maximum absolute atomic E-state index is 13.5. The van der Waals surface area contributed by atoms with Crippen LogP contribution in [0, 0.1) is 0 Å². The zero-order chi connectivity index (χ0) is 24.4. The highest BCUT2D eigenvalue weighted by Gasteiger charge is 2.33. The van der Waals surface area contributed by atoms with E-state index in [2.05, 4.69) is 49.6 Å². The first-order valence-electron chi connectivity index (χ1n) is 11.4. The van der Waals surface area contributed by atoms with Crippen LogP contribution < -0.4 is 11.2 Å². The number of phenolic OH excluding ortho intramolecular Hbond substituents is 1. The van der Waals surface area contributed by atoms with E-state index in [1.807, 2.05) is 12.1 Å². The van der Waals surface area contributed by atoms with Gasteiger partial charge in [-0.3, -0.25) is 13.9 Å². The Balaban J connectivity index is 1.87. The van der Waals surface area contributed by atoms with E-state index in [1.165, 1.54) is 17.2 Å². The summed E-state index contributed by atoms with van der Waals surface area (Å²) in [4.78, 5) is 26.4. The average Bonchev–Trinajstić information content (AvgIpc) is 3.17. The molecule has 2 aromatic heterocycles. The third kappa shape index (κ3) is 3.30. The molecule has 2 aromatic carbocycles. The van der Waals surface area contributed by atoms with Crippen molar-refractivity contribution < 1.29 is 9.84 Å². The Morgan fingerprint density at radius 3 is 2.21 bits per heavy atom. The summed E-state index contributed by atoms with van der Waals surface area (Å²) in [6.07, 6.45) is -0.475. The minimum Gasteiger partial charge on any atom is -0.508 e. The summed E-state index contributed by atoms with van der Waals surface area (Å²) in [7, 11) is 3.21. The van der Waals surface area contributed by atoms with E-state index in [0.717, 1.165) is 27.1 Å². The Bertz CT molecular complexity index is 1510. The number of hydrogen-bond acceptors (Lipinski definition) is 4. The molecule has 0 fully saturated rings. The number of phenols is 1. The first kappa shape index (κ1) is 22.2. The standard InChI is InChI=1S/C27H29N3O4/c1-27(2,3)18-10-6-16(7-11-18)21-20-22(28(4)26(33)29(5)25(20)32)23-24(34-15-14-30(21)23)17-8-12-19(31)13-9-17/h6-13,24,31H,14-15H2,1-5H3. The lowest BCUT2D eigenvalue weighted by Crippen LogP contribution is -2.37. The maximum atomic E-state index is 13.5. The summed E-state index contributed by atoms with van der Waals surface area (Å²) >= 11 is 0. The van der Waals surface area contributed by atoms with Gasteiger partial charge in [0.1, 0.15) is 11.9 Å². The Morgan fingerprint density at radius 2 is 1.59 bits per heavy atom. The van der Waals surface area contributed by atoms with Gasteiger partial charge >= 0.3 is 5.69 Å². The van der Waals surface area contributed by atoms with Crippen LogP contribution >= 0.6 is 0 Å². The van der Waals surface area contributed by atoms with Gasteiger partial charge in [0.15, 0.2) is 0 Å². The monoisotopic (exact) mass is 459 g/mol. The Labute approximate surface area is 197 Å². The molecule has 34 heavy (non-hydrogen) atoms. The van der Waals surface area contributed by atoms with Crippen molar-refractivity contribution in [2.45, 2.75) is 38.8 Å². The molecule has 7 nitrogen and oxygen atoms in total. The van der Waals surface area contributed by atoms with Gasteiger partial charge in [-0.25, -0.2) is 4.79 Å². The fraction of sp³-hybridized carbons (Fsp3) is 0.333. The molecule has 0 amide bonds. The lowest BCUT2D eigenvalue weighted by Gasteiger charge is -2.28. The highest BCUT2D eigenvalue weighted by atomic mass is 16.5. The summed E-state index contributed by atoms with van der Waals surface area (Å²) < 4.78 is 11.0. The first-order valence-corrected chi connectivity index (χ1v) is 11.4. The van der Waals surface area contributed by atoms with Gasteiger partial charge in [0.05, 0.1) is 28.9 Å². The number of ether oxygens (including phenoxy) is 1. The number of rotatable bonds is 2. The minimum atomic E-state index is -0.475. The molecule has 0 spiro atoms. The average molecular weight is 460 g/mol. The van der Waals surface area contributed by atoms with Crippen molar-refractivity contribution in [1.29, 1.82) is 0 Å². The molecule has 7 heteroatoms. The van der Waals surface area contributed by atoms with Crippen molar-refractivity contribution in [3.05, 3.63) is 86.2 Å². The fourth-order valence-corrected chi connectivity index (χ4v) is 4.91. The second kappa shape index (κ2) is 7.74. The van der Waals surface area contributed by atoms with Crippen LogP contribution in [0.2, 0.25) is 0 Å². The van der Waals surface area contributed by atoms with Crippen LogP contribution in [0.25, 0.3) is 22.2 Å². The van der Waals surface area contributed by atoms with Crippen molar-refractivity contribution in [1.82, 2.24) is 13.7 Å². The second-order valence-corrected chi connectivity index (χ2v) is 9.98. The van der Waals surface area contributed by atoms with Crippen molar-refractivity contribution in [2.24, 2.45) is 14.1 Å². The van der Waals surface area contributed by atoms with Crippen molar-refractivity contribution in [2.75, 3.05) is 6.61 Å². The van der Waals surface area contributed by atoms with Gasteiger partial charge in [0.2, 0.25) is 0 Å². The SMILES string of the molecule is Cn1c(=O)c2c(-c3ccc(C(C)(C)C)cc3)n3c(c2n(C)c1=O)C(c1ccc(O)cc1)OCC3. The van der Waals surface area contributed by atoms with Crippen LogP contribution in [0.5, 0.6) is 5.75 Å². The molecule has 5 rings (SSSR count). The van der Waals surface area contributed by atoms with E-state index < -0.39 is 6.10 Å². The summed E-state index contributed by atoms with van der Waals surface area (Å²) in [6.45, 7) is 7.53. The molecule has 0 aliphatic carbocycles. The van der Waals surface area contributed by atoms with Gasteiger partial charge in [-0.15, -0.1) is 0 Å². The zero-order valence-corrected chi connectivity index (χ0v) is 20.1. The number of aromatic hydroxyl groups is 1. The lowest BCUT2D eigenvalue weighted by molar-refractivity contribution is 0.0478. The van der Waals surface area contributed by atoms with E-state index >= 15 is 0 Å². The molecule has 4 aromatic rings. The number of benzene rings is 2. The van der Waals surface area contributed by atoms with Crippen LogP contribution in [-0.4, -0.2) is 25.4 Å². The van der Waals surface area contributed by atoms with Crippen LogP contribution in [0.1, 0.15) is 43.7 Å². The third-order valence-corrected chi connectivity index (χ3v) is 6.77. The summed E-state index contributed by atoms with van der Waals surface area (Å²) in [5, 5.41) is 10.3. The summed E-state index contributed by atoms with van der Waals surface area (Å²) in [5.74, 6) is 0.167. The lowest BCUT2D eigenvalue weighted by atomic mass is 9.86. The third-order valence-electron chi connectivity index (χ3n) is 6.77. The smallest absolute Gasteiger partial charge is 0.331 e. The van der Waals surface area contributed by atoms with Crippen molar-refractivity contribution in [3.8, 4) is 17.0 Å². The molecule has 3 heterocycles. The quantitative estimate of drug-likeness (QED) is 0.494. The number of aryl methyl sites for hydroxylation is 1. The van der Waals surface area contributed by atoms with Gasteiger partial charge in [0, 0.05) is 20.6 Å². The number of fused-ring (bicyclic) bond motifs is 3. The first-order chi connectivity index (χ1) is 16.1. The normalized spacial score (nSPS) is 16.1. The number of nitrogens with zero attached hydrogens (tertiary/aromatic N) is 3. The van der Waals surface area contributed by atoms with E-state index in [9.17, 15) is 14.7 Å². The zero-order valence-electron chi connectivity index (χ0n) is 20.1. The van der Waals surface area contributed by atoms with E-state index in [0.29, 0.717) is 24.1 Å². The van der Waals surface area contributed by atoms with Gasteiger partial charge in [0.25, 0.3) is 5.56 Å². The Hall–Kier alpha value is -3.58. The molecule has 1 unspecified atom stereocenters. The molecule has 1 aliphatic heterocycles. The summed E-state index contributed by atoms with van der Waals surface area (Å²) in [6, 6.07) is 15.2. The van der Waals surface area contributed by atoms with Gasteiger partial charge in [-0.1, -0.05) is 57.2 Å². The van der Waals surface area contributed by atoms with Gasteiger partial charge in [-0.05, 0) is 34.2 Å².